The molecule has 0 saturated heterocycles. The summed E-state index contributed by atoms with van der Waals surface area (Å²) in [5.41, 5.74) is 2.59. The maximum Gasteiger partial charge on any atom is 0.264 e. The highest BCUT2D eigenvalue weighted by atomic mass is 32.1. The Labute approximate surface area is 214 Å². The van der Waals surface area contributed by atoms with Gasteiger partial charge in [0, 0.05) is 25.6 Å². The number of methoxy groups -OCH3 is 3. The first-order valence-electron chi connectivity index (χ1n) is 11.5. The molecule has 1 aliphatic rings. The third-order valence-corrected chi connectivity index (χ3v) is 6.84. The largest absolute Gasteiger partial charge is 0.497 e. The topological polar surface area (TPSA) is 80.7 Å². The summed E-state index contributed by atoms with van der Waals surface area (Å²) in [6, 6.07) is 18.5. The smallest absolute Gasteiger partial charge is 0.264 e. The van der Waals surface area contributed by atoms with E-state index in [0.717, 1.165) is 22.6 Å². The Balaban J connectivity index is 1.63. The molecule has 9 heteroatoms. The van der Waals surface area contributed by atoms with Gasteiger partial charge in [0.2, 0.25) is 0 Å². The van der Waals surface area contributed by atoms with Crippen LogP contribution in [0.25, 0.3) is 0 Å². The van der Waals surface area contributed by atoms with Crippen molar-refractivity contribution in [1.82, 2.24) is 9.91 Å². The van der Waals surface area contributed by atoms with Gasteiger partial charge in [-0.05, 0) is 41.3 Å². The number of ether oxygens (including phenoxy) is 3. The first-order valence-corrected chi connectivity index (χ1v) is 12.4. The molecule has 36 heavy (non-hydrogen) atoms. The molecule has 0 aliphatic carbocycles. The van der Waals surface area contributed by atoms with Crippen LogP contribution in [-0.4, -0.2) is 68.5 Å². The van der Waals surface area contributed by atoms with Gasteiger partial charge < -0.3 is 19.1 Å². The van der Waals surface area contributed by atoms with E-state index in [1.165, 1.54) is 21.2 Å². The van der Waals surface area contributed by atoms with Gasteiger partial charge in [0.15, 0.2) is 0 Å². The lowest BCUT2D eigenvalue weighted by molar-refractivity contribution is -0.133. The molecule has 4 rings (SSSR count). The van der Waals surface area contributed by atoms with E-state index in [4.69, 9.17) is 19.3 Å². The Morgan fingerprint density at radius 1 is 1.03 bits per heavy atom. The summed E-state index contributed by atoms with van der Waals surface area (Å²) in [5, 5.41) is 8.08. The Bertz CT molecular complexity index is 1210. The predicted octanol–water partition coefficient (Wildman–Crippen LogP) is 4.23. The molecule has 0 bridgehead atoms. The number of carbonyl (C=O) groups excluding carboxylic acids is 2. The molecule has 0 radical (unpaired) electrons. The van der Waals surface area contributed by atoms with Crippen LogP contribution in [0.2, 0.25) is 0 Å². The quantitative estimate of drug-likeness (QED) is 0.410. The molecule has 0 saturated carbocycles. The van der Waals surface area contributed by atoms with E-state index in [0.29, 0.717) is 30.2 Å². The number of rotatable bonds is 10. The highest BCUT2D eigenvalue weighted by molar-refractivity contribution is 7.12. The van der Waals surface area contributed by atoms with Crippen LogP contribution in [0.1, 0.15) is 33.3 Å². The number of nitrogens with zero attached hydrogens (tertiary/aromatic N) is 3. The lowest BCUT2D eigenvalue weighted by Crippen LogP contribution is -2.42. The molecular formula is C27H29N3O5S. The van der Waals surface area contributed by atoms with Crippen molar-refractivity contribution in [3.63, 3.8) is 0 Å². The van der Waals surface area contributed by atoms with E-state index in [-0.39, 0.29) is 24.4 Å². The lowest BCUT2D eigenvalue weighted by Gasteiger charge is -2.26. The Morgan fingerprint density at radius 2 is 1.81 bits per heavy atom. The van der Waals surface area contributed by atoms with Crippen molar-refractivity contribution in [2.24, 2.45) is 5.10 Å². The zero-order valence-electron chi connectivity index (χ0n) is 20.5. The normalized spacial score (nSPS) is 14.9. The van der Waals surface area contributed by atoms with Crippen LogP contribution in [0.4, 0.5) is 0 Å². The van der Waals surface area contributed by atoms with Gasteiger partial charge in [0.1, 0.15) is 18.0 Å². The molecule has 2 amide bonds. The van der Waals surface area contributed by atoms with Crippen LogP contribution in [0.15, 0.2) is 71.1 Å². The van der Waals surface area contributed by atoms with Crippen LogP contribution in [-0.2, 0) is 9.53 Å². The lowest BCUT2D eigenvalue weighted by atomic mass is 9.98. The minimum atomic E-state index is -0.314. The molecule has 1 atom stereocenters. The number of carbonyl (C=O) groups is 2. The van der Waals surface area contributed by atoms with Crippen molar-refractivity contribution in [3.05, 3.63) is 82.0 Å². The summed E-state index contributed by atoms with van der Waals surface area (Å²) < 4.78 is 15.9. The van der Waals surface area contributed by atoms with Gasteiger partial charge in [-0.2, -0.15) is 5.10 Å². The SMILES string of the molecule is COCCN(CC(=O)N1N=C(c2cccc(OC)c2)C[C@H]1c1ccc(OC)cc1)C(=O)c1cccs1. The fraction of sp³-hybridized carbons (Fsp3) is 0.296. The van der Waals surface area contributed by atoms with Gasteiger partial charge in [-0.15, -0.1) is 11.3 Å². The van der Waals surface area contributed by atoms with Crippen LogP contribution in [0, 0.1) is 0 Å². The van der Waals surface area contributed by atoms with E-state index < -0.39 is 0 Å². The molecule has 0 N–H and O–H groups in total. The van der Waals surface area contributed by atoms with Gasteiger partial charge in [0.05, 0.1) is 37.5 Å². The maximum absolute atomic E-state index is 13.6. The summed E-state index contributed by atoms with van der Waals surface area (Å²) in [6.45, 7) is 0.513. The third-order valence-electron chi connectivity index (χ3n) is 5.98. The molecule has 3 aromatic rings. The van der Waals surface area contributed by atoms with Crippen LogP contribution < -0.4 is 9.47 Å². The van der Waals surface area contributed by atoms with Gasteiger partial charge in [-0.1, -0.05) is 30.3 Å². The van der Waals surface area contributed by atoms with Crippen molar-refractivity contribution in [1.29, 1.82) is 0 Å². The van der Waals surface area contributed by atoms with Gasteiger partial charge in [0.25, 0.3) is 11.8 Å². The van der Waals surface area contributed by atoms with Crippen molar-refractivity contribution in [2.45, 2.75) is 12.5 Å². The second-order valence-electron chi connectivity index (χ2n) is 8.21. The molecule has 0 fully saturated rings. The Morgan fingerprint density at radius 3 is 2.47 bits per heavy atom. The number of benzene rings is 2. The van der Waals surface area contributed by atoms with E-state index in [1.807, 2.05) is 60.0 Å². The second-order valence-corrected chi connectivity index (χ2v) is 9.15. The molecule has 188 valence electrons. The fourth-order valence-electron chi connectivity index (χ4n) is 4.05. The number of amides is 2. The average Bonchev–Trinajstić information content (AvgIpc) is 3.62. The highest BCUT2D eigenvalue weighted by Gasteiger charge is 2.34. The fourth-order valence-corrected chi connectivity index (χ4v) is 4.74. The first-order chi connectivity index (χ1) is 17.5. The molecule has 0 unspecified atom stereocenters. The molecular weight excluding hydrogens is 478 g/mol. The minimum Gasteiger partial charge on any atom is -0.497 e. The maximum atomic E-state index is 13.6. The Hall–Kier alpha value is -3.69. The Kier molecular flexibility index (Phi) is 8.35. The molecule has 2 heterocycles. The highest BCUT2D eigenvalue weighted by Crippen LogP contribution is 2.34. The van der Waals surface area contributed by atoms with Crippen LogP contribution in [0.5, 0.6) is 11.5 Å². The molecule has 2 aromatic carbocycles. The van der Waals surface area contributed by atoms with Gasteiger partial charge >= 0.3 is 0 Å². The summed E-state index contributed by atoms with van der Waals surface area (Å²) in [5.74, 6) is 0.978. The van der Waals surface area contributed by atoms with E-state index in [2.05, 4.69) is 0 Å². The van der Waals surface area contributed by atoms with Crippen molar-refractivity contribution < 1.29 is 23.8 Å². The molecule has 0 spiro atoms. The van der Waals surface area contributed by atoms with Crippen molar-refractivity contribution in [3.8, 4) is 11.5 Å². The zero-order chi connectivity index (χ0) is 25.5. The number of hydrogen-bond acceptors (Lipinski definition) is 7. The monoisotopic (exact) mass is 507 g/mol. The predicted molar refractivity (Wildman–Crippen MR) is 139 cm³/mol. The first kappa shape index (κ1) is 25.4. The molecule has 1 aromatic heterocycles. The zero-order valence-corrected chi connectivity index (χ0v) is 21.4. The van der Waals surface area contributed by atoms with E-state index in [9.17, 15) is 9.59 Å². The average molecular weight is 508 g/mol. The molecule has 8 nitrogen and oxygen atoms in total. The summed E-state index contributed by atoms with van der Waals surface area (Å²) >= 11 is 1.35. The summed E-state index contributed by atoms with van der Waals surface area (Å²) in [4.78, 5) is 28.8. The minimum absolute atomic E-state index is 0.109. The van der Waals surface area contributed by atoms with Crippen molar-refractivity contribution in [2.75, 3.05) is 41.0 Å². The third kappa shape index (κ3) is 5.75. The summed E-state index contributed by atoms with van der Waals surface area (Å²) in [7, 11) is 4.80. The van der Waals surface area contributed by atoms with Gasteiger partial charge in [-0.3, -0.25) is 9.59 Å². The number of hydrazone groups is 1. The summed E-state index contributed by atoms with van der Waals surface area (Å²) in [6.07, 6.45) is 0.530. The van der Waals surface area contributed by atoms with E-state index in [1.54, 1.807) is 27.4 Å². The van der Waals surface area contributed by atoms with Crippen LogP contribution in [0.3, 0.4) is 0 Å². The van der Waals surface area contributed by atoms with Crippen molar-refractivity contribution >= 4 is 28.9 Å². The standard InChI is InChI=1S/C27H29N3O5S/c1-33-14-13-29(27(32)25-8-5-15-36-25)18-26(31)30-24(19-9-11-21(34-2)12-10-19)17-23(28-30)20-6-4-7-22(16-20)35-3/h4-12,15-16,24H,13-14,17-18H2,1-3H3/t24-/m0/s1. The molecule has 1 aliphatic heterocycles. The van der Waals surface area contributed by atoms with Gasteiger partial charge in [-0.25, -0.2) is 5.01 Å². The van der Waals surface area contributed by atoms with Crippen LogP contribution >= 0.6 is 11.3 Å². The number of thiophene rings is 1. The second kappa shape index (κ2) is 11.8. The van der Waals surface area contributed by atoms with E-state index >= 15 is 0 Å². The number of hydrogen-bond donors (Lipinski definition) is 0.